The second-order valence-corrected chi connectivity index (χ2v) is 6.44. The lowest BCUT2D eigenvalue weighted by Crippen LogP contribution is -2.56. The summed E-state index contributed by atoms with van der Waals surface area (Å²) >= 11 is 0. The van der Waals surface area contributed by atoms with Gasteiger partial charge in [0.05, 0.1) is 6.61 Å². The highest BCUT2D eigenvalue weighted by atomic mass is 16.3. The van der Waals surface area contributed by atoms with E-state index in [1.807, 2.05) is 0 Å². The summed E-state index contributed by atoms with van der Waals surface area (Å²) in [6.07, 6.45) is 4.79. The number of nitrogens with two attached hydrogens (primary N) is 1. The Morgan fingerprint density at radius 2 is 2.00 bits per heavy atom. The first-order chi connectivity index (χ1) is 8.49. The van der Waals surface area contributed by atoms with Crippen LogP contribution in [0.2, 0.25) is 0 Å². The number of likely N-dealkylation sites (tertiary alicyclic amines) is 1. The third-order valence-corrected chi connectivity index (χ3v) is 4.46. The number of hydrogen-bond acceptors (Lipinski definition) is 3. The number of piperidine rings is 1. The van der Waals surface area contributed by atoms with Crippen LogP contribution in [0.25, 0.3) is 0 Å². The number of rotatable bonds is 6. The fourth-order valence-electron chi connectivity index (χ4n) is 3.20. The van der Waals surface area contributed by atoms with Crippen molar-refractivity contribution >= 4 is 0 Å². The molecule has 0 amide bonds. The van der Waals surface area contributed by atoms with Crippen LogP contribution in [0.5, 0.6) is 0 Å². The molecule has 0 aromatic carbocycles. The third kappa shape index (κ3) is 4.22. The van der Waals surface area contributed by atoms with E-state index < -0.39 is 0 Å². The third-order valence-electron chi connectivity index (χ3n) is 4.46. The lowest BCUT2D eigenvalue weighted by molar-refractivity contribution is 0.0248. The van der Waals surface area contributed by atoms with Crippen molar-refractivity contribution in [2.75, 3.05) is 13.2 Å². The lowest BCUT2D eigenvalue weighted by Gasteiger charge is -2.44. The minimum Gasteiger partial charge on any atom is -0.395 e. The van der Waals surface area contributed by atoms with E-state index in [-0.39, 0.29) is 18.7 Å². The Hall–Kier alpha value is -0.120. The van der Waals surface area contributed by atoms with Gasteiger partial charge >= 0.3 is 0 Å². The maximum Gasteiger partial charge on any atom is 0.0602 e. The zero-order valence-corrected chi connectivity index (χ0v) is 12.6. The van der Waals surface area contributed by atoms with Crippen LogP contribution in [0.15, 0.2) is 0 Å². The zero-order valence-electron chi connectivity index (χ0n) is 12.6. The van der Waals surface area contributed by atoms with Crippen LogP contribution in [0, 0.1) is 11.8 Å². The molecule has 0 bridgehead atoms. The molecule has 108 valence electrons. The van der Waals surface area contributed by atoms with Gasteiger partial charge in [-0.1, -0.05) is 27.2 Å². The van der Waals surface area contributed by atoms with Gasteiger partial charge in [0, 0.05) is 24.7 Å². The van der Waals surface area contributed by atoms with Crippen molar-refractivity contribution in [3.63, 3.8) is 0 Å². The van der Waals surface area contributed by atoms with Crippen LogP contribution >= 0.6 is 0 Å². The van der Waals surface area contributed by atoms with E-state index in [2.05, 4.69) is 32.6 Å². The van der Waals surface area contributed by atoms with E-state index in [1.54, 1.807) is 0 Å². The molecule has 3 nitrogen and oxygen atoms in total. The smallest absolute Gasteiger partial charge is 0.0602 e. The van der Waals surface area contributed by atoms with Crippen molar-refractivity contribution in [2.45, 2.75) is 71.5 Å². The minimum atomic E-state index is 0.0908. The van der Waals surface area contributed by atoms with E-state index in [0.717, 1.165) is 18.9 Å². The van der Waals surface area contributed by atoms with Gasteiger partial charge in [0.25, 0.3) is 0 Å². The Bertz CT molecular complexity index is 233. The minimum absolute atomic E-state index is 0.0908. The lowest BCUT2D eigenvalue weighted by atomic mass is 9.88. The molecular weight excluding hydrogens is 224 g/mol. The van der Waals surface area contributed by atoms with Gasteiger partial charge in [-0.15, -0.1) is 0 Å². The van der Waals surface area contributed by atoms with Crippen molar-refractivity contribution in [3.8, 4) is 0 Å². The van der Waals surface area contributed by atoms with E-state index in [9.17, 15) is 5.11 Å². The SMILES string of the molecule is CCC1CCC(C)N(C(CO)C(N)CC(C)C)C1. The average molecular weight is 256 g/mol. The first-order valence-electron chi connectivity index (χ1n) is 7.61. The number of aliphatic hydroxyl groups excluding tert-OH is 1. The molecule has 0 spiro atoms. The summed E-state index contributed by atoms with van der Waals surface area (Å²) < 4.78 is 0. The Balaban J connectivity index is 2.66. The highest BCUT2D eigenvalue weighted by molar-refractivity contribution is 4.89. The van der Waals surface area contributed by atoms with Crippen molar-refractivity contribution in [2.24, 2.45) is 17.6 Å². The van der Waals surface area contributed by atoms with Gasteiger partial charge < -0.3 is 10.8 Å². The predicted octanol–water partition coefficient (Wildman–Crippen LogP) is 2.23. The summed E-state index contributed by atoms with van der Waals surface area (Å²) in [4.78, 5) is 2.46. The Morgan fingerprint density at radius 3 is 2.50 bits per heavy atom. The first kappa shape index (κ1) is 15.9. The van der Waals surface area contributed by atoms with E-state index in [4.69, 9.17) is 5.73 Å². The van der Waals surface area contributed by atoms with Crippen LogP contribution in [-0.4, -0.2) is 41.3 Å². The monoisotopic (exact) mass is 256 g/mol. The highest BCUT2D eigenvalue weighted by Crippen LogP contribution is 2.27. The maximum atomic E-state index is 9.72. The normalized spacial score (nSPS) is 29.5. The summed E-state index contributed by atoms with van der Waals surface area (Å²) in [5, 5.41) is 9.72. The molecule has 0 saturated carbocycles. The molecule has 3 N–H and O–H groups in total. The molecule has 4 atom stereocenters. The first-order valence-corrected chi connectivity index (χ1v) is 7.61. The second kappa shape index (κ2) is 7.46. The molecule has 1 rings (SSSR count). The fourth-order valence-corrected chi connectivity index (χ4v) is 3.20. The van der Waals surface area contributed by atoms with Crippen LogP contribution in [0.1, 0.15) is 53.4 Å². The number of hydrogen-bond donors (Lipinski definition) is 2. The van der Waals surface area contributed by atoms with Gasteiger partial charge in [-0.05, 0) is 38.0 Å². The standard InChI is InChI=1S/C15H32N2O/c1-5-13-7-6-12(4)17(9-13)15(10-18)14(16)8-11(2)3/h11-15,18H,5-10,16H2,1-4H3. The maximum absolute atomic E-state index is 9.72. The van der Waals surface area contributed by atoms with Crippen molar-refractivity contribution in [1.29, 1.82) is 0 Å². The molecule has 0 aromatic heterocycles. The molecular formula is C15H32N2O. The van der Waals surface area contributed by atoms with Crippen molar-refractivity contribution in [3.05, 3.63) is 0 Å². The molecule has 1 saturated heterocycles. The quantitative estimate of drug-likeness (QED) is 0.766. The average Bonchev–Trinajstić information content (AvgIpc) is 2.31. The highest BCUT2D eigenvalue weighted by Gasteiger charge is 2.32. The van der Waals surface area contributed by atoms with Crippen LogP contribution in [0.3, 0.4) is 0 Å². The van der Waals surface area contributed by atoms with Gasteiger partial charge in [-0.3, -0.25) is 4.90 Å². The van der Waals surface area contributed by atoms with Crippen LogP contribution in [0.4, 0.5) is 0 Å². The molecule has 1 fully saturated rings. The van der Waals surface area contributed by atoms with Gasteiger partial charge in [-0.2, -0.15) is 0 Å². The fraction of sp³-hybridized carbons (Fsp3) is 1.00. The molecule has 0 aromatic rings. The molecule has 0 radical (unpaired) electrons. The summed E-state index contributed by atoms with van der Waals surface area (Å²) in [5.74, 6) is 1.37. The molecule has 1 heterocycles. The zero-order chi connectivity index (χ0) is 13.7. The van der Waals surface area contributed by atoms with Crippen LogP contribution < -0.4 is 5.73 Å². The molecule has 18 heavy (non-hydrogen) atoms. The van der Waals surface area contributed by atoms with Crippen LogP contribution in [-0.2, 0) is 0 Å². The predicted molar refractivity (Wildman–Crippen MR) is 77.5 cm³/mol. The van der Waals surface area contributed by atoms with Crippen molar-refractivity contribution in [1.82, 2.24) is 4.90 Å². The largest absolute Gasteiger partial charge is 0.395 e. The second-order valence-electron chi connectivity index (χ2n) is 6.44. The number of nitrogens with zero attached hydrogens (tertiary/aromatic N) is 1. The Labute approximate surface area is 113 Å². The number of aliphatic hydroxyl groups is 1. The summed E-state index contributed by atoms with van der Waals surface area (Å²) in [6, 6.07) is 0.785. The summed E-state index contributed by atoms with van der Waals surface area (Å²) in [5.41, 5.74) is 6.31. The molecule has 1 aliphatic rings. The molecule has 0 aliphatic carbocycles. The summed E-state index contributed by atoms with van der Waals surface area (Å²) in [6.45, 7) is 10.2. The van der Waals surface area contributed by atoms with Gasteiger partial charge in [0.2, 0.25) is 0 Å². The van der Waals surface area contributed by atoms with Gasteiger partial charge in [-0.25, -0.2) is 0 Å². The topological polar surface area (TPSA) is 49.5 Å². The van der Waals surface area contributed by atoms with Crippen molar-refractivity contribution < 1.29 is 5.11 Å². The molecule has 4 unspecified atom stereocenters. The Kier molecular flexibility index (Phi) is 6.61. The molecule has 3 heteroatoms. The van der Waals surface area contributed by atoms with Gasteiger partial charge in [0.15, 0.2) is 0 Å². The van der Waals surface area contributed by atoms with E-state index in [1.165, 1.54) is 19.3 Å². The van der Waals surface area contributed by atoms with E-state index >= 15 is 0 Å². The van der Waals surface area contributed by atoms with E-state index in [0.29, 0.717) is 12.0 Å². The molecule has 1 aliphatic heterocycles. The van der Waals surface area contributed by atoms with Gasteiger partial charge in [0.1, 0.15) is 0 Å². The summed E-state index contributed by atoms with van der Waals surface area (Å²) in [7, 11) is 0. The Morgan fingerprint density at radius 1 is 1.33 bits per heavy atom.